The third-order valence-corrected chi connectivity index (χ3v) is 2.67. The first-order valence-electron chi connectivity index (χ1n) is 4.67. The van der Waals surface area contributed by atoms with E-state index in [4.69, 9.17) is 10.3 Å². The first-order valence-corrected chi connectivity index (χ1v) is 5.47. The van der Waals surface area contributed by atoms with E-state index in [1.165, 1.54) is 12.1 Å². The minimum atomic E-state index is -0.285. The summed E-state index contributed by atoms with van der Waals surface area (Å²) < 4.78 is 18.8. The standard InChI is InChI=1S/C11H10BrFN2O/c12-10-6-5-9(16-10)11(15-14)7-1-3-8(13)4-2-7/h1-6,11,15H,14H2. The lowest BCUT2D eigenvalue weighted by molar-refractivity contribution is 0.437. The third-order valence-electron chi connectivity index (χ3n) is 2.25. The number of nitrogens with two attached hydrogens (primary N) is 1. The summed E-state index contributed by atoms with van der Waals surface area (Å²) in [6.45, 7) is 0. The molecule has 16 heavy (non-hydrogen) atoms. The molecule has 1 aromatic heterocycles. The summed E-state index contributed by atoms with van der Waals surface area (Å²) in [5, 5.41) is 0. The van der Waals surface area contributed by atoms with Gasteiger partial charge in [-0.1, -0.05) is 12.1 Å². The molecule has 0 aliphatic heterocycles. The quantitative estimate of drug-likeness (QED) is 0.673. The predicted octanol–water partition coefficient (Wildman–Crippen LogP) is 2.73. The van der Waals surface area contributed by atoms with E-state index in [2.05, 4.69) is 21.4 Å². The molecule has 0 amide bonds. The van der Waals surface area contributed by atoms with Crippen LogP contribution in [0.1, 0.15) is 17.4 Å². The zero-order valence-corrected chi connectivity index (χ0v) is 9.87. The maximum Gasteiger partial charge on any atom is 0.169 e. The lowest BCUT2D eigenvalue weighted by atomic mass is 10.1. The summed E-state index contributed by atoms with van der Waals surface area (Å²) in [6, 6.07) is 9.40. The van der Waals surface area contributed by atoms with Crippen LogP contribution in [0.3, 0.4) is 0 Å². The molecule has 0 saturated heterocycles. The van der Waals surface area contributed by atoms with Crippen LogP contribution in [0.5, 0.6) is 0 Å². The molecule has 2 aromatic rings. The smallest absolute Gasteiger partial charge is 0.169 e. The van der Waals surface area contributed by atoms with E-state index in [1.54, 1.807) is 24.3 Å². The fourth-order valence-corrected chi connectivity index (χ4v) is 1.80. The van der Waals surface area contributed by atoms with Gasteiger partial charge >= 0.3 is 0 Å². The van der Waals surface area contributed by atoms with Gasteiger partial charge in [0.15, 0.2) is 4.67 Å². The fraction of sp³-hybridized carbons (Fsp3) is 0.0909. The Labute approximate surface area is 101 Å². The van der Waals surface area contributed by atoms with Crippen molar-refractivity contribution in [1.29, 1.82) is 0 Å². The Hall–Kier alpha value is -1.17. The molecule has 1 atom stereocenters. The average molecular weight is 285 g/mol. The molecule has 5 heteroatoms. The Kier molecular flexibility index (Phi) is 3.38. The second-order valence-corrected chi connectivity index (χ2v) is 4.07. The van der Waals surface area contributed by atoms with E-state index in [0.717, 1.165) is 5.56 Å². The van der Waals surface area contributed by atoms with Crippen LogP contribution in [0.4, 0.5) is 4.39 Å². The Morgan fingerprint density at radius 1 is 1.19 bits per heavy atom. The third kappa shape index (κ3) is 2.32. The number of hydrogen-bond acceptors (Lipinski definition) is 3. The second-order valence-electron chi connectivity index (χ2n) is 3.29. The molecular formula is C11H10BrFN2O. The number of rotatable bonds is 3. The van der Waals surface area contributed by atoms with Gasteiger partial charge in [-0.3, -0.25) is 5.84 Å². The summed E-state index contributed by atoms with van der Waals surface area (Å²) in [6.07, 6.45) is 0. The molecule has 0 saturated carbocycles. The van der Waals surface area contributed by atoms with Crippen LogP contribution in [0.2, 0.25) is 0 Å². The van der Waals surface area contributed by atoms with E-state index >= 15 is 0 Å². The first kappa shape index (κ1) is 11.3. The molecule has 0 bridgehead atoms. The van der Waals surface area contributed by atoms with Gasteiger partial charge in [-0.15, -0.1) is 0 Å². The molecule has 1 aromatic carbocycles. The van der Waals surface area contributed by atoms with Gasteiger partial charge in [0.25, 0.3) is 0 Å². The van der Waals surface area contributed by atoms with Crippen molar-refractivity contribution in [2.45, 2.75) is 6.04 Å². The van der Waals surface area contributed by atoms with E-state index in [9.17, 15) is 4.39 Å². The number of benzene rings is 1. The molecule has 0 aliphatic carbocycles. The second kappa shape index (κ2) is 4.78. The van der Waals surface area contributed by atoms with Crippen LogP contribution >= 0.6 is 15.9 Å². The van der Waals surface area contributed by atoms with Gasteiger partial charge in [0.05, 0.1) is 0 Å². The van der Waals surface area contributed by atoms with Gasteiger partial charge in [0.2, 0.25) is 0 Å². The van der Waals surface area contributed by atoms with E-state index in [-0.39, 0.29) is 11.9 Å². The van der Waals surface area contributed by atoms with Gasteiger partial charge in [0.1, 0.15) is 17.6 Å². The van der Waals surface area contributed by atoms with Gasteiger partial charge in [-0.25, -0.2) is 9.82 Å². The lowest BCUT2D eigenvalue weighted by Crippen LogP contribution is -2.28. The Bertz CT molecular complexity index is 469. The highest BCUT2D eigenvalue weighted by Gasteiger charge is 2.15. The van der Waals surface area contributed by atoms with Gasteiger partial charge < -0.3 is 4.42 Å². The van der Waals surface area contributed by atoms with E-state index in [1.807, 2.05) is 0 Å². The molecule has 0 spiro atoms. The molecule has 3 nitrogen and oxygen atoms in total. The number of hydrazine groups is 1. The summed E-state index contributed by atoms with van der Waals surface area (Å²) in [5.74, 6) is 5.86. The topological polar surface area (TPSA) is 51.2 Å². The summed E-state index contributed by atoms with van der Waals surface area (Å²) in [7, 11) is 0. The fourth-order valence-electron chi connectivity index (χ4n) is 1.48. The van der Waals surface area contributed by atoms with Crippen LogP contribution in [0.25, 0.3) is 0 Å². The van der Waals surface area contributed by atoms with Crippen LogP contribution in [0, 0.1) is 5.82 Å². The van der Waals surface area contributed by atoms with Crippen LogP contribution in [0.15, 0.2) is 45.5 Å². The van der Waals surface area contributed by atoms with Gasteiger partial charge in [-0.2, -0.15) is 0 Å². The van der Waals surface area contributed by atoms with Crippen molar-refractivity contribution in [3.05, 3.63) is 58.2 Å². The number of nitrogens with one attached hydrogen (secondary N) is 1. The van der Waals surface area contributed by atoms with Crippen LogP contribution in [-0.4, -0.2) is 0 Å². The summed E-state index contributed by atoms with van der Waals surface area (Å²) in [4.78, 5) is 0. The Morgan fingerprint density at radius 3 is 2.38 bits per heavy atom. The Morgan fingerprint density at radius 2 is 1.88 bits per heavy atom. The van der Waals surface area contributed by atoms with Crippen LogP contribution < -0.4 is 11.3 Å². The Balaban J connectivity index is 2.32. The zero-order chi connectivity index (χ0) is 11.5. The van der Waals surface area contributed by atoms with E-state index in [0.29, 0.717) is 10.4 Å². The largest absolute Gasteiger partial charge is 0.452 e. The van der Waals surface area contributed by atoms with Gasteiger partial charge in [0, 0.05) is 0 Å². The lowest BCUT2D eigenvalue weighted by Gasteiger charge is -2.13. The molecule has 1 unspecified atom stereocenters. The molecule has 0 aliphatic rings. The molecule has 2 rings (SSSR count). The molecule has 0 radical (unpaired) electrons. The number of halogens is 2. The maximum atomic E-state index is 12.8. The van der Waals surface area contributed by atoms with Crippen molar-refractivity contribution in [2.75, 3.05) is 0 Å². The van der Waals surface area contributed by atoms with Crippen molar-refractivity contribution in [3.63, 3.8) is 0 Å². The number of hydrogen-bond donors (Lipinski definition) is 2. The monoisotopic (exact) mass is 284 g/mol. The summed E-state index contributed by atoms with van der Waals surface area (Å²) in [5.41, 5.74) is 3.47. The maximum absolute atomic E-state index is 12.8. The minimum Gasteiger partial charge on any atom is -0.452 e. The zero-order valence-electron chi connectivity index (χ0n) is 8.28. The van der Waals surface area contributed by atoms with Gasteiger partial charge in [-0.05, 0) is 45.8 Å². The number of furan rings is 1. The highest BCUT2D eigenvalue weighted by molar-refractivity contribution is 9.10. The molecular weight excluding hydrogens is 275 g/mol. The highest BCUT2D eigenvalue weighted by Crippen LogP contribution is 2.25. The van der Waals surface area contributed by atoms with Crippen molar-refractivity contribution in [1.82, 2.24) is 5.43 Å². The van der Waals surface area contributed by atoms with Crippen molar-refractivity contribution < 1.29 is 8.81 Å². The molecule has 0 fully saturated rings. The molecule has 3 N–H and O–H groups in total. The first-order chi connectivity index (χ1) is 7.70. The van der Waals surface area contributed by atoms with Crippen molar-refractivity contribution in [3.8, 4) is 0 Å². The molecule has 84 valence electrons. The van der Waals surface area contributed by atoms with Crippen molar-refractivity contribution >= 4 is 15.9 Å². The average Bonchev–Trinajstić information content (AvgIpc) is 2.69. The highest BCUT2D eigenvalue weighted by atomic mass is 79.9. The van der Waals surface area contributed by atoms with Crippen LogP contribution in [-0.2, 0) is 0 Å². The molecule has 1 heterocycles. The summed E-state index contributed by atoms with van der Waals surface area (Å²) >= 11 is 3.22. The van der Waals surface area contributed by atoms with E-state index < -0.39 is 0 Å². The van der Waals surface area contributed by atoms with Crippen molar-refractivity contribution in [2.24, 2.45) is 5.84 Å². The predicted molar refractivity (Wildman–Crippen MR) is 62.0 cm³/mol. The normalized spacial score (nSPS) is 12.7. The SMILES string of the molecule is NNC(c1ccc(F)cc1)c1ccc(Br)o1. The minimum absolute atomic E-state index is 0.278.